The molecule has 372 valence electrons. The zero-order valence-electron chi connectivity index (χ0n) is 40.5. The molecule has 1 heterocycles. The second-order valence-electron chi connectivity index (χ2n) is 17.8. The van der Waals surface area contributed by atoms with Crippen LogP contribution in [0.1, 0.15) is 213 Å². The van der Waals surface area contributed by atoms with Crippen molar-refractivity contribution in [3.63, 3.8) is 0 Å². The van der Waals surface area contributed by atoms with E-state index in [1.54, 1.807) is 6.08 Å². The van der Waals surface area contributed by atoms with Crippen LogP contribution in [0.15, 0.2) is 48.6 Å². The van der Waals surface area contributed by atoms with Crippen LogP contribution in [0.25, 0.3) is 0 Å². The Bertz CT molecular complexity index is 1210. The number of carbonyl (C=O) groups is 2. The lowest BCUT2D eigenvalue weighted by atomic mass is 9.99. The molecule has 1 amide bonds. The highest BCUT2D eigenvalue weighted by Gasteiger charge is 2.44. The Morgan fingerprint density at radius 3 is 1.59 bits per heavy atom. The van der Waals surface area contributed by atoms with Crippen LogP contribution in [-0.4, -0.2) is 100 Å². The van der Waals surface area contributed by atoms with Gasteiger partial charge in [0.1, 0.15) is 24.4 Å². The van der Waals surface area contributed by atoms with Crippen LogP contribution in [-0.2, 0) is 23.8 Å². The summed E-state index contributed by atoms with van der Waals surface area (Å²) in [5, 5.41) is 54.0. The van der Waals surface area contributed by atoms with Crippen molar-refractivity contribution in [2.45, 2.75) is 256 Å². The van der Waals surface area contributed by atoms with E-state index in [0.29, 0.717) is 19.4 Å². The Hall–Kier alpha value is -2.38. The predicted octanol–water partition coefficient (Wildman–Crippen LogP) is 10.5. The first-order valence-electron chi connectivity index (χ1n) is 25.9. The molecule has 6 N–H and O–H groups in total. The SMILES string of the molecule is CCCC/C=C\CCCCCCCC(=O)OCCCCCCCCC/C=C\CCCCCCCC(=O)NC(COC1OC(CO)C(O)C(O)C1O)C(O)/C=C/CC/C=C/CCCCC. The number of carbonyl (C=O) groups excluding carboxylic acids is 2. The highest BCUT2D eigenvalue weighted by atomic mass is 16.7. The Balaban J connectivity index is 2.14. The van der Waals surface area contributed by atoms with Gasteiger partial charge in [0.05, 0.1) is 32.0 Å². The topological polar surface area (TPSA) is 175 Å². The molecular weight excluding hydrogens is 811 g/mol. The van der Waals surface area contributed by atoms with E-state index in [1.165, 1.54) is 96.3 Å². The number of allylic oxidation sites excluding steroid dienone is 7. The summed E-state index contributed by atoms with van der Waals surface area (Å²) in [5.74, 6) is -0.248. The maximum Gasteiger partial charge on any atom is 0.305 e. The molecule has 11 nitrogen and oxygen atoms in total. The molecule has 7 unspecified atom stereocenters. The second-order valence-corrected chi connectivity index (χ2v) is 17.8. The standard InChI is InChI=1S/C53H95NO10/c1-3-5-7-9-11-13-20-25-29-33-37-41-49(58)62-42-38-34-30-26-22-19-17-15-14-16-18-21-24-28-32-36-40-48(57)54-45(46(56)39-35-31-27-23-12-10-8-6-4-2)44-63-53-52(61)51(60)50(59)47(43-55)64-53/h9,11-12,14,16,23,35,39,45-47,50-53,55-56,59-61H,3-8,10,13,15,17-22,24-34,36-38,40-44H2,1-2H3,(H,54,57)/b11-9-,16-14-,23-12+,39-35+. The van der Waals surface area contributed by atoms with E-state index in [1.807, 2.05) is 6.08 Å². The maximum atomic E-state index is 12.9. The fraction of sp³-hybridized carbons (Fsp3) is 0.811. The van der Waals surface area contributed by atoms with Crippen molar-refractivity contribution < 1.29 is 49.3 Å². The number of unbranched alkanes of at least 4 members (excludes halogenated alkanes) is 23. The largest absolute Gasteiger partial charge is 0.466 e. The number of esters is 1. The first-order chi connectivity index (χ1) is 31.2. The van der Waals surface area contributed by atoms with Crippen molar-refractivity contribution in [1.82, 2.24) is 5.32 Å². The Morgan fingerprint density at radius 1 is 0.562 bits per heavy atom. The van der Waals surface area contributed by atoms with Crippen molar-refractivity contribution in [3.8, 4) is 0 Å². The van der Waals surface area contributed by atoms with E-state index in [-0.39, 0.29) is 18.5 Å². The molecule has 0 spiro atoms. The summed E-state index contributed by atoms with van der Waals surface area (Å²) in [6.07, 6.45) is 42.0. The van der Waals surface area contributed by atoms with Crippen molar-refractivity contribution >= 4 is 11.9 Å². The molecule has 1 fully saturated rings. The Labute approximate surface area is 389 Å². The minimum absolute atomic E-state index is 0.0340. The van der Waals surface area contributed by atoms with E-state index in [9.17, 15) is 35.1 Å². The second kappa shape index (κ2) is 43.2. The normalized spacial score (nSPS) is 20.3. The molecule has 1 aliphatic heterocycles. The van der Waals surface area contributed by atoms with Crippen LogP contribution in [0.5, 0.6) is 0 Å². The van der Waals surface area contributed by atoms with Gasteiger partial charge in [-0.3, -0.25) is 9.59 Å². The quantitative estimate of drug-likeness (QED) is 0.0196. The number of aliphatic hydroxyl groups excluding tert-OH is 5. The molecule has 0 aromatic heterocycles. The van der Waals surface area contributed by atoms with Crippen LogP contribution in [0.4, 0.5) is 0 Å². The summed E-state index contributed by atoms with van der Waals surface area (Å²) in [6.45, 7) is 4.17. The lowest BCUT2D eigenvalue weighted by molar-refractivity contribution is -0.302. The van der Waals surface area contributed by atoms with Crippen LogP contribution in [0.3, 0.4) is 0 Å². The van der Waals surface area contributed by atoms with Crippen LogP contribution in [0, 0.1) is 0 Å². The fourth-order valence-electron chi connectivity index (χ4n) is 7.66. The third-order valence-corrected chi connectivity index (χ3v) is 11.9. The summed E-state index contributed by atoms with van der Waals surface area (Å²) < 4.78 is 16.6. The van der Waals surface area contributed by atoms with Crippen molar-refractivity contribution in [2.75, 3.05) is 19.8 Å². The minimum Gasteiger partial charge on any atom is -0.466 e. The fourth-order valence-corrected chi connectivity index (χ4v) is 7.66. The number of hydrogen-bond acceptors (Lipinski definition) is 10. The third kappa shape index (κ3) is 33.1. The van der Waals surface area contributed by atoms with Crippen LogP contribution >= 0.6 is 0 Å². The maximum absolute atomic E-state index is 12.9. The number of rotatable bonds is 43. The van der Waals surface area contributed by atoms with Gasteiger partial charge in [-0.05, 0) is 89.9 Å². The van der Waals surface area contributed by atoms with E-state index >= 15 is 0 Å². The molecule has 1 aliphatic rings. The molecule has 0 aliphatic carbocycles. The first kappa shape index (κ1) is 59.6. The van der Waals surface area contributed by atoms with E-state index in [0.717, 1.165) is 89.9 Å². The monoisotopic (exact) mass is 906 g/mol. The third-order valence-electron chi connectivity index (χ3n) is 11.9. The molecule has 64 heavy (non-hydrogen) atoms. The highest BCUT2D eigenvalue weighted by molar-refractivity contribution is 5.76. The van der Waals surface area contributed by atoms with Gasteiger partial charge in [-0.1, -0.05) is 159 Å². The van der Waals surface area contributed by atoms with Crippen molar-refractivity contribution in [3.05, 3.63) is 48.6 Å². The molecule has 0 bridgehead atoms. The van der Waals surface area contributed by atoms with Crippen molar-refractivity contribution in [2.24, 2.45) is 0 Å². The van der Waals surface area contributed by atoms with Gasteiger partial charge in [0, 0.05) is 12.8 Å². The lowest BCUT2D eigenvalue weighted by Gasteiger charge is -2.40. The van der Waals surface area contributed by atoms with E-state index in [2.05, 4.69) is 55.6 Å². The van der Waals surface area contributed by atoms with Gasteiger partial charge in [0.2, 0.25) is 5.91 Å². The number of nitrogens with one attached hydrogen (secondary N) is 1. The molecule has 0 saturated carbocycles. The predicted molar refractivity (Wildman–Crippen MR) is 260 cm³/mol. The molecule has 0 aromatic rings. The van der Waals surface area contributed by atoms with Crippen LogP contribution < -0.4 is 5.32 Å². The van der Waals surface area contributed by atoms with Gasteiger partial charge >= 0.3 is 5.97 Å². The highest BCUT2D eigenvalue weighted by Crippen LogP contribution is 2.22. The number of amides is 1. The van der Waals surface area contributed by atoms with E-state index in [4.69, 9.17) is 14.2 Å². The van der Waals surface area contributed by atoms with Gasteiger partial charge in [-0.25, -0.2) is 0 Å². The van der Waals surface area contributed by atoms with Gasteiger partial charge in [-0.15, -0.1) is 0 Å². The average Bonchev–Trinajstić information content (AvgIpc) is 3.29. The zero-order valence-corrected chi connectivity index (χ0v) is 40.5. The molecule has 11 heteroatoms. The molecule has 0 aromatic carbocycles. The number of hydrogen-bond donors (Lipinski definition) is 6. The van der Waals surface area contributed by atoms with Gasteiger partial charge < -0.3 is 45.1 Å². The molecule has 1 saturated heterocycles. The molecule has 1 rings (SSSR count). The molecule has 0 radical (unpaired) electrons. The number of aliphatic hydroxyl groups is 5. The Morgan fingerprint density at radius 2 is 1.03 bits per heavy atom. The van der Waals surface area contributed by atoms with Crippen LogP contribution in [0.2, 0.25) is 0 Å². The van der Waals surface area contributed by atoms with Gasteiger partial charge in [0.15, 0.2) is 6.29 Å². The lowest BCUT2D eigenvalue weighted by Crippen LogP contribution is -2.60. The zero-order chi connectivity index (χ0) is 46.7. The summed E-state index contributed by atoms with van der Waals surface area (Å²) in [7, 11) is 0. The van der Waals surface area contributed by atoms with Crippen molar-refractivity contribution in [1.29, 1.82) is 0 Å². The summed E-state index contributed by atoms with van der Waals surface area (Å²) >= 11 is 0. The molecular formula is C53H95NO10. The smallest absolute Gasteiger partial charge is 0.305 e. The number of ether oxygens (including phenoxy) is 3. The van der Waals surface area contributed by atoms with Gasteiger partial charge in [0.25, 0.3) is 0 Å². The average molecular weight is 906 g/mol. The minimum atomic E-state index is -1.58. The summed E-state index contributed by atoms with van der Waals surface area (Å²) in [4.78, 5) is 24.9. The molecule has 7 atom stereocenters. The van der Waals surface area contributed by atoms with Gasteiger partial charge in [-0.2, -0.15) is 0 Å². The summed E-state index contributed by atoms with van der Waals surface area (Å²) in [6, 6.07) is -0.839. The van der Waals surface area contributed by atoms with E-state index < -0.39 is 49.5 Å². The Kier molecular flexibility index (Phi) is 40.3. The summed E-state index contributed by atoms with van der Waals surface area (Å²) in [5.41, 5.74) is 0. The first-order valence-corrected chi connectivity index (χ1v) is 25.9.